The topological polar surface area (TPSA) is 35.6 Å². The second-order valence-electron chi connectivity index (χ2n) is 6.79. The van der Waals surface area contributed by atoms with E-state index in [1.807, 2.05) is 11.0 Å². The summed E-state index contributed by atoms with van der Waals surface area (Å²) in [5.41, 5.74) is 1.03. The molecule has 3 rings (SSSR count). The van der Waals surface area contributed by atoms with E-state index in [1.165, 1.54) is 6.07 Å². The molecule has 0 aromatic heterocycles. The summed E-state index contributed by atoms with van der Waals surface area (Å²) in [6.07, 6.45) is 1.59. The Hall–Kier alpha value is -1.17. The summed E-state index contributed by atoms with van der Waals surface area (Å²) in [6.45, 7) is 7.36. The largest absolute Gasteiger partial charge is 0.340 e. The summed E-state index contributed by atoms with van der Waals surface area (Å²) in [5.74, 6) is 0.639. The van der Waals surface area contributed by atoms with Crippen LogP contribution >= 0.6 is 12.4 Å². The maximum Gasteiger partial charge on any atom is 0.223 e. The van der Waals surface area contributed by atoms with Gasteiger partial charge in [-0.2, -0.15) is 0 Å². The SMILES string of the molecule is CC1CC(c2cccc(F)c2)N(CCC(=O)N2CCNCC2)C1.Cl. The highest BCUT2D eigenvalue weighted by Crippen LogP contribution is 2.35. The molecule has 2 saturated heterocycles. The van der Waals surface area contributed by atoms with Crippen molar-refractivity contribution >= 4 is 18.3 Å². The summed E-state index contributed by atoms with van der Waals surface area (Å²) in [7, 11) is 0. The van der Waals surface area contributed by atoms with Gasteiger partial charge in [-0.25, -0.2) is 4.39 Å². The van der Waals surface area contributed by atoms with Crippen molar-refractivity contribution in [2.45, 2.75) is 25.8 Å². The Labute approximate surface area is 149 Å². The van der Waals surface area contributed by atoms with Crippen molar-refractivity contribution in [1.29, 1.82) is 0 Å². The van der Waals surface area contributed by atoms with Gasteiger partial charge in [0.05, 0.1) is 0 Å². The lowest BCUT2D eigenvalue weighted by Gasteiger charge is -2.29. The Kier molecular flexibility index (Phi) is 7.02. The van der Waals surface area contributed by atoms with Crippen LogP contribution in [-0.2, 0) is 4.79 Å². The average Bonchev–Trinajstić information content (AvgIpc) is 2.94. The molecule has 6 heteroatoms. The van der Waals surface area contributed by atoms with Gasteiger partial charge in [0.15, 0.2) is 0 Å². The van der Waals surface area contributed by atoms with Crippen LogP contribution in [0.15, 0.2) is 24.3 Å². The molecule has 1 aromatic rings. The van der Waals surface area contributed by atoms with Gasteiger partial charge >= 0.3 is 0 Å². The monoisotopic (exact) mass is 355 g/mol. The predicted octanol–water partition coefficient (Wildman–Crippen LogP) is 2.45. The zero-order chi connectivity index (χ0) is 16.2. The van der Waals surface area contributed by atoms with E-state index in [1.54, 1.807) is 12.1 Å². The molecule has 0 aliphatic carbocycles. The number of amides is 1. The lowest BCUT2D eigenvalue weighted by molar-refractivity contribution is -0.132. The van der Waals surface area contributed by atoms with Crippen molar-refractivity contribution in [2.75, 3.05) is 39.3 Å². The van der Waals surface area contributed by atoms with Crippen LogP contribution < -0.4 is 5.32 Å². The van der Waals surface area contributed by atoms with Gasteiger partial charge in [0.1, 0.15) is 5.82 Å². The molecule has 0 saturated carbocycles. The summed E-state index contributed by atoms with van der Waals surface area (Å²) in [6, 6.07) is 7.12. The van der Waals surface area contributed by atoms with Gasteiger partial charge < -0.3 is 10.2 Å². The zero-order valence-corrected chi connectivity index (χ0v) is 15.0. The van der Waals surface area contributed by atoms with Gasteiger partial charge in [-0.3, -0.25) is 9.69 Å². The highest BCUT2D eigenvalue weighted by molar-refractivity contribution is 5.85. The number of piperazine rings is 1. The third-order valence-corrected chi connectivity index (χ3v) is 4.93. The molecule has 2 unspecified atom stereocenters. The van der Waals surface area contributed by atoms with E-state index in [0.717, 1.165) is 51.3 Å². The first-order chi connectivity index (χ1) is 11.1. The normalized spacial score (nSPS) is 24.7. The van der Waals surface area contributed by atoms with Gasteiger partial charge in [-0.05, 0) is 30.0 Å². The minimum Gasteiger partial charge on any atom is -0.340 e. The van der Waals surface area contributed by atoms with Crippen molar-refractivity contribution in [1.82, 2.24) is 15.1 Å². The van der Waals surface area contributed by atoms with E-state index in [2.05, 4.69) is 17.1 Å². The molecule has 0 spiro atoms. The molecule has 134 valence electrons. The molecule has 2 fully saturated rings. The van der Waals surface area contributed by atoms with Crippen molar-refractivity contribution in [2.24, 2.45) is 5.92 Å². The van der Waals surface area contributed by atoms with Crippen LogP contribution in [-0.4, -0.2) is 55.0 Å². The number of hydrogen-bond acceptors (Lipinski definition) is 3. The van der Waals surface area contributed by atoms with E-state index >= 15 is 0 Å². The van der Waals surface area contributed by atoms with E-state index in [-0.39, 0.29) is 30.2 Å². The van der Waals surface area contributed by atoms with Crippen molar-refractivity contribution in [3.05, 3.63) is 35.6 Å². The van der Waals surface area contributed by atoms with Gasteiger partial charge in [-0.1, -0.05) is 19.1 Å². The zero-order valence-electron chi connectivity index (χ0n) is 14.2. The second kappa shape index (κ2) is 8.79. The van der Waals surface area contributed by atoms with Crippen molar-refractivity contribution in [3.63, 3.8) is 0 Å². The Bertz CT molecular complexity index is 551. The van der Waals surface area contributed by atoms with Crippen LogP contribution in [0.4, 0.5) is 4.39 Å². The predicted molar refractivity (Wildman–Crippen MR) is 95.8 cm³/mol. The fourth-order valence-corrected chi connectivity index (χ4v) is 3.75. The average molecular weight is 356 g/mol. The van der Waals surface area contributed by atoms with Crippen LogP contribution in [0.2, 0.25) is 0 Å². The molecule has 0 bridgehead atoms. The first kappa shape index (κ1) is 19.2. The molecule has 1 N–H and O–H groups in total. The molecular weight excluding hydrogens is 329 g/mol. The molecule has 2 heterocycles. The molecule has 1 amide bonds. The Balaban J connectivity index is 0.00000208. The van der Waals surface area contributed by atoms with E-state index in [0.29, 0.717) is 12.3 Å². The summed E-state index contributed by atoms with van der Waals surface area (Å²) in [4.78, 5) is 16.6. The van der Waals surface area contributed by atoms with Gasteiger partial charge in [0.25, 0.3) is 0 Å². The Morgan fingerprint density at radius 3 is 2.79 bits per heavy atom. The Morgan fingerprint density at radius 1 is 1.33 bits per heavy atom. The second-order valence-corrected chi connectivity index (χ2v) is 6.79. The third-order valence-electron chi connectivity index (χ3n) is 4.93. The fourth-order valence-electron chi connectivity index (χ4n) is 3.75. The molecule has 1 aromatic carbocycles. The number of benzene rings is 1. The van der Waals surface area contributed by atoms with E-state index in [4.69, 9.17) is 0 Å². The summed E-state index contributed by atoms with van der Waals surface area (Å²) < 4.78 is 13.5. The smallest absolute Gasteiger partial charge is 0.223 e. The van der Waals surface area contributed by atoms with Crippen LogP contribution in [0.5, 0.6) is 0 Å². The molecule has 4 nitrogen and oxygen atoms in total. The van der Waals surface area contributed by atoms with E-state index in [9.17, 15) is 9.18 Å². The number of rotatable bonds is 4. The molecule has 2 atom stereocenters. The summed E-state index contributed by atoms with van der Waals surface area (Å²) in [5, 5.41) is 3.27. The number of halogens is 2. The van der Waals surface area contributed by atoms with Crippen molar-refractivity contribution < 1.29 is 9.18 Å². The van der Waals surface area contributed by atoms with Gasteiger partial charge in [0, 0.05) is 51.7 Å². The van der Waals surface area contributed by atoms with Crippen LogP contribution in [0.1, 0.15) is 31.4 Å². The lowest BCUT2D eigenvalue weighted by Crippen LogP contribution is -2.47. The number of hydrogen-bond donors (Lipinski definition) is 1. The molecule has 2 aliphatic rings. The van der Waals surface area contributed by atoms with Gasteiger partial charge in [-0.15, -0.1) is 12.4 Å². The third kappa shape index (κ3) is 4.68. The van der Waals surface area contributed by atoms with Crippen molar-refractivity contribution in [3.8, 4) is 0 Å². The maximum atomic E-state index is 13.5. The van der Waals surface area contributed by atoms with Crippen LogP contribution in [0.3, 0.4) is 0 Å². The molecule has 24 heavy (non-hydrogen) atoms. The molecule has 2 aliphatic heterocycles. The number of likely N-dealkylation sites (tertiary alicyclic amines) is 1. The summed E-state index contributed by atoms with van der Waals surface area (Å²) >= 11 is 0. The first-order valence-electron chi connectivity index (χ1n) is 8.61. The first-order valence-corrected chi connectivity index (χ1v) is 8.61. The highest BCUT2D eigenvalue weighted by atomic mass is 35.5. The number of nitrogens with zero attached hydrogens (tertiary/aromatic N) is 2. The molecule has 0 radical (unpaired) electrons. The minimum absolute atomic E-state index is 0. The maximum absolute atomic E-state index is 13.5. The fraction of sp³-hybridized carbons (Fsp3) is 0.611. The van der Waals surface area contributed by atoms with Crippen LogP contribution in [0.25, 0.3) is 0 Å². The quantitative estimate of drug-likeness (QED) is 0.901. The molecular formula is C18H27ClFN3O. The number of carbonyl (C=O) groups is 1. The van der Waals surface area contributed by atoms with E-state index < -0.39 is 0 Å². The Morgan fingerprint density at radius 2 is 2.08 bits per heavy atom. The van der Waals surface area contributed by atoms with Crippen LogP contribution in [0, 0.1) is 11.7 Å². The minimum atomic E-state index is -0.182. The number of carbonyl (C=O) groups excluding carboxylic acids is 1. The highest BCUT2D eigenvalue weighted by Gasteiger charge is 2.31. The number of nitrogens with one attached hydrogen (secondary N) is 1. The van der Waals surface area contributed by atoms with Gasteiger partial charge in [0.2, 0.25) is 5.91 Å². The lowest BCUT2D eigenvalue weighted by atomic mass is 10.0. The standard InChI is InChI=1S/C18H26FN3O.ClH/c1-14-11-17(15-3-2-4-16(19)12-15)22(13-14)8-5-18(23)21-9-6-20-7-10-21;/h2-4,12,14,17,20H,5-11,13H2,1H3;1H.